The Morgan fingerprint density at radius 1 is 1.14 bits per heavy atom. The van der Waals surface area contributed by atoms with E-state index in [1.54, 1.807) is 29.5 Å². The van der Waals surface area contributed by atoms with E-state index < -0.39 is 11.9 Å². The van der Waals surface area contributed by atoms with Crippen LogP contribution >= 0.6 is 11.3 Å². The number of hydrogen-bond donors (Lipinski definition) is 2. The van der Waals surface area contributed by atoms with Gasteiger partial charge < -0.3 is 9.52 Å². The van der Waals surface area contributed by atoms with Gasteiger partial charge in [0.25, 0.3) is 0 Å². The van der Waals surface area contributed by atoms with Crippen LogP contribution < -0.4 is 5.76 Å². The minimum Gasteiger partial charge on any atom is -0.408 e. The number of aromatic nitrogens is 1. The van der Waals surface area contributed by atoms with E-state index in [0.717, 1.165) is 15.0 Å². The number of thiophene rings is 1. The highest BCUT2D eigenvalue weighted by molar-refractivity contribution is 7.19. The summed E-state index contributed by atoms with van der Waals surface area (Å²) < 4.78 is 6.17. The van der Waals surface area contributed by atoms with E-state index in [2.05, 4.69) is 4.98 Å². The summed E-state index contributed by atoms with van der Waals surface area (Å²) in [6.45, 7) is 0. The molecule has 0 fully saturated rings. The second-order valence-corrected chi connectivity index (χ2v) is 5.97. The summed E-state index contributed by atoms with van der Waals surface area (Å²) in [4.78, 5) is 14.6. The van der Waals surface area contributed by atoms with Crippen molar-refractivity contribution < 1.29 is 9.52 Å². The Bertz CT molecular complexity index is 962. The first-order valence-corrected chi connectivity index (χ1v) is 7.32. The molecule has 0 spiro atoms. The van der Waals surface area contributed by atoms with Gasteiger partial charge in [-0.25, -0.2) is 4.79 Å². The van der Waals surface area contributed by atoms with E-state index in [1.165, 1.54) is 0 Å². The van der Waals surface area contributed by atoms with E-state index in [-0.39, 0.29) is 0 Å². The van der Waals surface area contributed by atoms with Gasteiger partial charge in [0.15, 0.2) is 5.58 Å². The fourth-order valence-electron chi connectivity index (χ4n) is 2.43. The topological polar surface area (TPSA) is 66.2 Å². The molecule has 1 unspecified atom stereocenters. The summed E-state index contributed by atoms with van der Waals surface area (Å²) in [7, 11) is 0. The maximum Gasteiger partial charge on any atom is 0.417 e. The van der Waals surface area contributed by atoms with Crippen molar-refractivity contribution in [3.8, 4) is 0 Å². The molecule has 0 aliphatic rings. The monoisotopic (exact) mass is 297 g/mol. The Labute approximate surface area is 123 Å². The molecule has 0 aliphatic heterocycles. The molecule has 4 aromatic rings. The number of hydrogen-bond acceptors (Lipinski definition) is 4. The molecule has 104 valence electrons. The fourth-order valence-corrected chi connectivity index (χ4v) is 3.51. The van der Waals surface area contributed by atoms with Gasteiger partial charge in [-0.2, -0.15) is 0 Å². The predicted molar refractivity (Wildman–Crippen MR) is 82.7 cm³/mol. The van der Waals surface area contributed by atoms with E-state index in [1.807, 2.05) is 30.3 Å². The molecule has 2 aromatic heterocycles. The Balaban J connectivity index is 1.80. The van der Waals surface area contributed by atoms with Crippen molar-refractivity contribution in [3.05, 3.63) is 69.5 Å². The number of aliphatic hydroxyl groups excluding tert-OH is 1. The first-order chi connectivity index (χ1) is 10.2. The van der Waals surface area contributed by atoms with Gasteiger partial charge in [0.1, 0.15) is 6.10 Å². The SMILES string of the molecule is O=c1[nH]c2ccc(C(O)c3cc4ccccc4s3)cc2o1. The average molecular weight is 297 g/mol. The smallest absolute Gasteiger partial charge is 0.408 e. The quantitative estimate of drug-likeness (QED) is 0.596. The van der Waals surface area contributed by atoms with Crippen molar-refractivity contribution in [1.29, 1.82) is 0 Å². The fraction of sp³-hybridized carbons (Fsp3) is 0.0625. The molecule has 4 rings (SSSR count). The van der Waals surface area contributed by atoms with Gasteiger partial charge >= 0.3 is 5.76 Å². The maximum atomic E-state index is 11.2. The highest BCUT2D eigenvalue weighted by Gasteiger charge is 2.15. The van der Waals surface area contributed by atoms with Crippen LogP contribution in [0.5, 0.6) is 0 Å². The summed E-state index contributed by atoms with van der Waals surface area (Å²) >= 11 is 1.56. The van der Waals surface area contributed by atoms with E-state index in [4.69, 9.17) is 4.42 Å². The molecule has 0 saturated carbocycles. The number of H-pyrrole nitrogens is 1. The van der Waals surface area contributed by atoms with Crippen LogP contribution in [0.2, 0.25) is 0 Å². The van der Waals surface area contributed by atoms with E-state index in [0.29, 0.717) is 16.7 Å². The molecule has 4 nitrogen and oxygen atoms in total. The minimum atomic E-state index is -0.730. The molecule has 0 radical (unpaired) electrons. The maximum absolute atomic E-state index is 11.2. The number of aromatic amines is 1. The first-order valence-electron chi connectivity index (χ1n) is 6.50. The van der Waals surface area contributed by atoms with Crippen molar-refractivity contribution >= 4 is 32.5 Å². The minimum absolute atomic E-state index is 0.456. The number of aliphatic hydroxyl groups is 1. The van der Waals surface area contributed by atoms with Crippen molar-refractivity contribution in [3.63, 3.8) is 0 Å². The second-order valence-electron chi connectivity index (χ2n) is 4.86. The highest BCUT2D eigenvalue weighted by Crippen LogP contribution is 2.33. The molecule has 2 aromatic carbocycles. The molecule has 1 atom stereocenters. The molecule has 0 saturated heterocycles. The average Bonchev–Trinajstić information content (AvgIpc) is 3.07. The Morgan fingerprint density at radius 2 is 2.00 bits per heavy atom. The molecule has 0 aliphatic carbocycles. The number of benzene rings is 2. The summed E-state index contributed by atoms with van der Waals surface area (Å²) in [6.07, 6.45) is -0.730. The van der Waals surface area contributed by atoms with Crippen molar-refractivity contribution in [2.45, 2.75) is 6.10 Å². The molecule has 2 heterocycles. The molecule has 5 heteroatoms. The lowest BCUT2D eigenvalue weighted by atomic mass is 10.1. The Kier molecular flexibility index (Phi) is 2.70. The number of fused-ring (bicyclic) bond motifs is 2. The van der Waals surface area contributed by atoms with Gasteiger partial charge in [0, 0.05) is 9.58 Å². The largest absolute Gasteiger partial charge is 0.417 e. The standard InChI is InChI=1S/C16H11NO3S/c18-15(14-8-9-3-1-2-4-13(9)21-14)10-5-6-11-12(7-10)20-16(19)17-11/h1-8,15,18H,(H,17,19). The first kappa shape index (κ1) is 12.4. The number of nitrogens with one attached hydrogen (secondary N) is 1. The number of oxazole rings is 1. The van der Waals surface area contributed by atoms with Gasteiger partial charge in [0.05, 0.1) is 5.52 Å². The second kappa shape index (κ2) is 4.58. The third-order valence-corrected chi connectivity index (χ3v) is 4.64. The van der Waals surface area contributed by atoms with Crippen LogP contribution in [0.15, 0.2) is 57.7 Å². The lowest BCUT2D eigenvalue weighted by molar-refractivity contribution is 0.224. The Hall–Kier alpha value is -2.37. The van der Waals surface area contributed by atoms with Crippen LogP contribution in [0, 0.1) is 0 Å². The third-order valence-electron chi connectivity index (χ3n) is 3.47. The third kappa shape index (κ3) is 2.07. The van der Waals surface area contributed by atoms with Crippen molar-refractivity contribution in [2.24, 2.45) is 0 Å². The van der Waals surface area contributed by atoms with Crippen molar-refractivity contribution in [1.82, 2.24) is 4.98 Å². The van der Waals surface area contributed by atoms with Gasteiger partial charge in [-0.15, -0.1) is 11.3 Å². The van der Waals surface area contributed by atoms with Gasteiger partial charge in [-0.05, 0) is 35.2 Å². The predicted octanol–water partition coefficient (Wildman–Crippen LogP) is 3.42. The van der Waals surface area contributed by atoms with E-state index in [9.17, 15) is 9.90 Å². The van der Waals surface area contributed by atoms with Gasteiger partial charge in [-0.3, -0.25) is 4.98 Å². The summed E-state index contributed by atoms with van der Waals surface area (Å²) in [5.41, 5.74) is 1.79. The summed E-state index contributed by atoms with van der Waals surface area (Å²) in [6, 6.07) is 15.2. The van der Waals surface area contributed by atoms with Gasteiger partial charge in [0.2, 0.25) is 0 Å². The Morgan fingerprint density at radius 3 is 2.86 bits per heavy atom. The summed E-state index contributed by atoms with van der Waals surface area (Å²) in [5, 5.41) is 11.7. The van der Waals surface area contributed by atoms with Crippen molar-refractivity contribution in [2.75, 3.05) is 0 Å². The zero-order chi connectivity index (χ0) is 14.4. The normalized spacial score (nSPS) is 13.0. The molecule has 2 N–H and O–H groups in total. The lowest BCUT2D eigenvalue weighted by Gasteiger charge is -2.08. The van der Waals surface area contributed by atoms with Crippen LogP contribution in [0.1, 0.15) is 16.5 Å². The zero-order valence-electron chi connectivity index (χ0n) is 10.9. The molecule has 0 amide bonds. The molecular weight excluding hydrogens is 286 g/mol. The molecule has 21 heavy (non-hydrogen) atoms. The lowest BCUT2D eigenvalue weighted by Crippen LogP contribution is -1.96. The summed E-state index contributed by atoms with van der Waals surface area (Å²) in [5.74, 6) is -0.487. The zero-order valence-corrected chi connectivity index (χ0v) is 11.7. The van der Waals surface area contributed by atoms with E-state index >= 15 is 0 Å². The van der Waals surface area contributed by atoms with Crippen LogP contribution in [0.3, 0.4) is 0 Å². The van der Waals surface area contributed by atoms with Crippen LogP contribution in [-0.4, -0.2) is 10.1 Å². The molecule has 0 bridgehead atoms. The van der Waals surface area contributed by atoms with Gasteiger partial charge in [-0.1, -0.05) is 24.3 Å². The molecular formula is C16H11NO3S. The van der Waals surface area contributed by atoms with Crippen LogP contribution in [0.4, 0.5) is 0 Å². The van der Waals surface area contributed by atoms with Crippen LogP contribution in [-0.2, 0) is 0 Å². The van der Waals surface area contributed by atoms with Crippen LogP contribution in [0.25, 0.3) is 21.2 Å². The number of rotatable bonds is 2. The highest BCUT2D eigenvalue weighted by atomic mass is 32.1.